The van der Waals surface area contributed by atoms with Gasteiger partial charge in [-0.1, -0.05) is 41.7 Å². The fourth-order valence-electron chi connectivity index (χ4n) is 2.74. The molecule has 100 valence electrons. The van der Waals surface area contributed by atoms with Crippen molar-refractivity contribution in [3.8, 4) is 0 Å². The molecule has 3 rings (SSSR count). The van der Waals surface area contributed by atoms with Crippen LogP contribution >= 0.6 is 11.5 Å². The third kappa shape index (κ3) is 2.85. The summed E-state index contributed by atoms with van der Waals surface area (Å²) in [6.07, 6.45) is 4.34. The van der Waals surface area contributed by atoms with Gasteiger partial charge >= 0.3 is 0 Å². The smallest absolute Gasteiger partial charge is 0.0669 e. The first-order valence-electron chi connectivity index (χ1n) is 6.95. The summed E-state index contributed by atoms with van der Waals surface area (Å²) in [5.74, 6) is 1.38. The summed E-state index contributed by atoms with van der Waals surface area (Å²) in [7, 11) is 0. The van der Waals surface area contributed by atoms with Crippen LogP contribution in [0.15, 0.2) is 36.5 Å². The van der Waals surface area contributed by atoms with Crippen LogP contribution in [0.4, 0.5) is 0 Å². The first kappa shape index (κ1) is 12.8. The molecular formula is C15H19N3S. The Morgan fingerprint density at radius 2 is 2.21 bits per heavy atom. The van der Waals surface area contributed by atoms with Crippen molar-refractivity contribution >= 4 is 11.5 Å². The lowest BCUT2D eigenvalue weighted by atomic mass is 10.0. The summed E-state index contributed by atoms with van der Waals surface area (Å²) in [6, 6.07) is 11.3. The minimum atomic E-state index is 0.421. The fraction of sp³-hybridized carbons (Fsp3) is 0.467. The standard InChI is InChI=1S/C15H19N3S/c1-2-8-16-15(14-10-17-18-19-14)13-9-12(13)11-6-4-3-5-7-11/h3-7,10,12-13,15-16H,2,8-9H2,1H3. The van der Waals surface area contributed by atoms with E-state index in [-0.39, 0.29) is 0 Å². The first-order chi connectivity index (χ1) is 9.40. The Balaban J connectivity index is 1.72. The Morgan fingerprint density at radius 3 is 2.89 bits per heavy atom. The van der Waals surface area contributed by atoms with Crippen molar-refractivity contribution in [1.82, 2.24) is 14.9 Å². The molecule has 0 saturated heterocycles. The van der Waals surface area contributed by atoms with Crippen LogP contribution in [0.5, 0.6) is 0 Å². The Kier molecular flexibility index (Phi) is 3.89. The second-order valence-electron chi connectivity index (χ2n) is 5.17. The largest absolute Gasteiger partial charge is 0.309 e. The number of hydrogen-bond acceptors (Lipinski definition) is 4. The maximum absolute atomic E-state index is 4.01. The van der Waals surface area contributed by atoms with Crippen molar-refractivity contribution in [2.45, 2.75) is 31.7 Å². The monoisotopic (exact) mass is 273 g/mol. The molecular weight excluding hydrogens is 254 g/mol. The number of rotatable bonds is 6. The Morgan fingerprint density at radius 1 is 1.37 bits per heavy atom. The maximum atomic E-state index is 4.01. The van der Waals surface area contributed by atoms with Gasteiger partial charge in [0.2, 0.25) is 0 Å². The normalized spacial score (nSPS) is 23.2. The number of benzene rings is 1. The number of hydrogen-bond donors (Lipinski definition) is 1. The van der Waals surface area contributed by atoms with Gasteiger partial charge in [-0.3, -0.25) is 0 Å². The molecule has 1 aromatic carbocycles. The number of aromatic nitrogens is 2. The summed E-state index contributed by atoms with van der Waals surface area (Å²) in [5.41, 5.74) is 1.47. The maximum Gasteiger partial charge on any atom is 0.0669 e. The molecule has 0 spiro atoms. The predicted octanol–water partition coefficient (Wildman–Crippen LogP) is 3.38. The highest BCUT2D eigenvalue weighted by molar-refractivity contribution is 7.05. The molecule has 0 amide bonds. The molecule has 1 aliphatic rings. The Hall–Kier alpha value is -1.26. The quantitative estimate of drug-likeness (QED) is 0.876. The highest BCUT2D eigenvalue weighted by Crippen LogP contribution is 2.54. The van der Waals surface area contributed by atoms with Crippen LogP contribution in [-0.2, 0) is 0 Å². The molecule has 0 bridgehead atoms. The van der Waals surface area contributed by atoms with E-state index in [1.165, 1.54) is 28.4 Å². The zero-order valence-electron chi connectivity index (χ0n) is 11.1. The van der Waals surface area contributed by atoms with Crippen LogP contribution in [0.3, 0.4) is 0 Å². The molecule has 1 saturated carbocycles. The average Bonchev–Trinajstić information content (AvgIpc) is 3.05. The molecule has 2 aromatic rings. The minimum absolute atomic E-state index is 0.421. The predicted molar refractivity (Wildman–Crippen MR) is 78.2 cm³/mol. The Labute approximate surface area is 118 Å². The second kappa shape index (κ2) is 5.80. The van der Waals surface area contributed by atoms with Crippen molar-refractivity contribution in [2.24, 2.45) is 5.92 Å². The van der Waals surface area contributed by atoms with E-state index < -0.39 is 0 Å². The summed E-state index contributed by atoms with van der Waals surface area (Å²) in [5, 5.41) is 7.65. The molecule has 19 heavy (non-hydrogen) atoms. The van der Waals surface area contributed by atoms with Gasteiger partial charge in [0.05, 0.1) is 11.1 Å². The van der Waals surface area contributed by atoms with E-state index in [1.807, 2.05) is 6.20 Å². The fourth-order valence-corrected chi connectivity index (χ4v) is 3.40. The van der Waals surface area contributed by atoms with E-state index in [9.17, 15) is 0 Å². The van der Waals surface area contributed by atoms with Crippen molar-refractivity contribution in [1.29, 1.82) is 0 Å². The second-order valence-corrected chi connectivity index (χ2v) is 5.99. The molecule has 1 N–H and O–H groups in total. The van der Waals surface area contributed by atoms with Gasteiger partial charge in [0.1, 0.15) is 0 Å². The molecule has 1 aromatic heterocycles. The van der Waals surface area contributed by atoms with Gasteiger partial charge in [-0.25, -0.2) is 0 Å². The molecule has 1 fully saturated rings. The van der Waals surface area contributed by atoms with Crippen LogP contribution in [0.1, 0.15) is 42.2 Å². The SMILES string of the molecule is CCCNC(c1cnns1)C1CC1c1ccccc1. The van der Waals surface area contributed by atoms with Crippen molar-refractivity contribution in [3.63, 3.8) is 0 Å². The van der Waals surface area contributed by atoms with Crippen molar-refractivity contribution in [2.75, 3.05) is 6.54 Å². The van der Waals surface area contributed by atoms with Gasteiger partial charge < -0.3 is 5.32 Å². The summed E-state index contributed by atoms with van der Waals surface area (Å²) in [6.45, 7) is 3.26. The van der Waals surface area contributed by atoms with Gasteiger partial charge in [-0.2, -0.15) is 0 Å². The molecule has 1 heterocycles. The molecule has 3 atom stereocenters. The molecule has 4 heteroatoms. The van der Waals surface area contributed by atoms with Gasteiger partial charge in [0.15, 0.2) is 0 Å². The van der Waals surface area contributed by atoms with E-state index in [1.54, 1.807) is 0 Å². The highest BCUT2D eigenvalue weighted by Gasteiger charge is 2.44. The van der Waals surface area contributed by atoms with Gasteiger partial charge in [-0.05, 0) is 48.3 Å². The van der Waals surface area contributed by atoms with Crippen molar-refractivity contribution in [3.05, 3.63) is 47.0 Å². The average molecular weight is 273 g/mol. The number of nitrogens with one attached hydrogen (secondary N) is 1. The lowest BCUT2D eigenvalue weighted by Gasteiger charge is -2.16. The van der Waals surface area contributed by atoms with E-state index >= 15 is 0 Å². The zero-order chi connectivity index (χ0) is 13.1. The van der Waals surface area contributed by atoms with Gasteiger partial charge in [0.25, 0.3) is 0 Å². The highest BCUT2D eigenvalue weighted by atomic mass is 32.1. The summed E-state index contributed by atoms with van der Waals surface area (Å²) < 4.78 is 4.01. The zero-order valence-corrected chi connectivity index (χ0v) is 11.9. The lowest BCUT2D eigenvalue weighted by Crippen LogP contribution is -2.23. The van der Waals surface area contributed by atoms with E-state index in [2.05, 4.69) is 52.2 Å². The van der Waals surface area contributed by atoms with E-state index in [0.29, 0.717) is 17.9 Å². The molecule has 0 radical (unpaired) electrons. The third-order valence-electron chi connectivity index (χ3n) is 3.79. The van der Waals surface area contributed by atoms with Gasteiger partial charge in [-0.15, -0.1) is 5.10 Å². The molecule has 3 nitrogen and oxygen atoms in total. The lowest BCUT2D eigenvalue weighted by molar-refractivity contribution is 0.479. The van der Waals surface area contributed by atoms with Crippen LogP contribution in [-0.4, -0.2) is 16.1 Å². The third-order valence-corrected chi connectivity index (χ3v) is 4.54. The molecule has 0 aliphatic heterocycles. The van der Waals surface area contributed by atoms with Crippen LogP contribution < -0.4 is 5.32 Å². The van der Waals surface area contributed by atoms with Gasteiger partial charge in [0, 0.05) is 6.04 Å². The van der Waals surface area contributed by atoms with Crippen LogP contribution in [0, 0.1) is 5.92 Å². The van der Waals surface area contributed by atoms with E-state index in [4.69, 9.17) is 0 Å². The molecule has 1 aliphatic carbocycles. The van der Waals surface area contributed by atoms with Crippen LogP contribution in [0.2, 0.25) is 0 Å². The van der Waals surface area contributed by atoms with E-state index in [0.717, 1.165) is 13.0 Å². The summed E-state index contributed by atoms with van der Waals surface area (Å²) in [4.78, 5) is 1.27. The topological polar surface area (TPSA) is 37.8 Å². The minimum Gasteiger partial charge on any atom is -0.309 e. The summed E-state index contributed by atoms with van der Waals surface area (Å²) >= 11 is 1.52. The molecule has 3 unspecified atom stereocenters. The number of nitrogens with zero attached hydrogens (tertiary/aromatic N) is 2. The first-order valence-corrected chi connectivity index (χ1v) is 7.73. The van der Waals surface area contributed by atoms with Crippen molar-refractivity contribution < 1.29 is 0 Å². The van der Waals surface area contributed by atoms with Crippen LogP contribution in [0.25, 0.3) is 0 Å². The Bertz CT molecular complexity index is 497.